The van der Waals surface area contributed by atoms with Gasteiger partial charge in [0.1, 0.15) is 5.82 Å². The average Bonchev–Trinajstić information content (AvgIpc) is 2.55. The van der Waals surface area contributed by atoms with Crippen LogP contribution in [0.2, 0.25) is 0 Å². The third kappa shape index (κ3) is 3.20. The zero-order valence-corrected chi connectivity index (χ0v) is 11.8. The van der Waals surface area contributed by atoms with Crippen molar-refractivity contribution in [2.24, 2.45) is 0 Å². The molecule has 22 heavy (non-hydrogen) atoms. The Labute approximate surface area is 127 Å². The maximum atomic E-state index is 12.8. The van der Waals surface area contributed by atoms with Crippen LogP contribution in [0.25, 0.3) is 16.8 Å². The molecule has 0 unspecified atom stereocenters. The van der Waals surface area contributed by atoms with Gasteiger partial charge in [0.2, 0.25) is 5.91 Å². The molecule has 0 heterocycles. The quantitative estimate of drug-likeness (QED) is 0.700. The van der Waals surface area contributed by atoms with E-state index in [0.29, 0.717) is 5.69 Å². The van der Waals surface area contributed by atoms with Crippen LogP contribution in [-0.4, -0.2) is 5.91 Å². The molecule has 3 heteroatoms. The highest BCUT2D eigenvalue weighted by molar-refractivity contribution is 6.03. The summed E-state index contributed by atoms with van der Waals surface area (Å²) < 4.78 is 12.8. The summed E-state index contributed by atoms with van der Waals surface area (Å²) in [7, 11) is 0. The highest BCUT2D eigenvalue weighted by atomic mass is 19.1. The summed E-state index contributed by atoms with van der Waals surface area (Å²) in [5, 5.41) is 4.92. The van der Waals surface area contributed by atoms with Crippen LogP contribution >= 0.6 is 0 Å². The number of carbonyl (C=O) groups excluding carboxylic acids is 1. The van der Waals surface area contributed by atoms with Gasteiger partial charge in [0.05, 0.1) is 0 Å². The molecule has 1 amide bonds. The topological polar surface area (TPSA) is 29.1 Å². The molecule has 0 aliphatic carbocycles. The minimum Gasteiger partial charge on any atom is -0.323 e. The Balaban J connectivity index is 1.78. The Morgan fingerprint density at radius 2 is 1.64 bits per heavy atom. The van der Waals surface area contributed by atoms with Crippen molar-refractivity contribution in [3.05, 3.63) is 84.2 Å². The second-order valence-corrected chi connectivity index (χ2v) is 4.90. The first-order chi connectivity index (χ1) is 10.7. The number of halogens is 1. The number of rotatable bonds is 3. The number of hydrogen-bond acceptors (Lipinski definition) is 1. The van der Waals surface area contributed by atoms with E-state index in [1.807, 2.05) is 42.5 Å². The van der Waals surface area contributed by atoms with Crippen molar-refractivity contribution in [2.45, 2.75) is 0 Å². The van der Waals surface area contributed by atoms with Crippen LogP contribution in [0.5, 0.6) is 0 Å². The van der Waals surface area contributed by atoms with Crippen molar-refractivity contribution < 1.29 is 9.18 Å². The van der Waals surface area contributed by atoms with Gasteiger partial charge in [-0.05, 0) is 46.7 Å². The third-order valence-electron chi connectivity index (χ3n) is 3.35. The van der Waals surface area contributed by atoms with E-state index in [2.05, 4.69) is 5.32 Å². The third-order valence-corrected chi connectivity index (χ3v) is 3.35. The van der Waals surface area contributed by atoms with E-state index in [1.54, 1.807) is 6.08 Å². The molecule has 0 fully saturated rings. The number of carbonyl (C=O) groups is 1. The van der Waals surface area contributed by atoms with Crippen LogP contribution in [0.3, 0.4) is 0 Å². The second kappa shape index (κ2) is 6.22. The highest BCUT2D eigenvalue weighted by Crippen LogP contribution is 2.19. The van der Waals surface area contributed by atoms with Crippen LogP contribution in [0, 0.1) is 5.82 Å². The molecule has 0 bridgehead atoms. The van der Waals surface area contributed by atoms with Gasteiger partial charge in [0, 0.05) is 11.8 Å². The molecule has 3 aromatic carbocycles. The summed E-state index contributed by atoms with van der Waals surface area (Å²) in [6.07, 6.45) is 3.26. The first kappa shape index (κ1) is 14.0. The number of hydrogen-bond donors (Lipinski definition) is 1. The largest absolute Gasteiger partial charge is 0.323 e. The molecule has 108 valence electrons. The Kier molecular flexibility index (Phi) is 3.97. The molecule has 0 aliphatic rings. The molecular weight excluding hydrogens is 277 g/mol. The number of benzene rings is 3. The summed E-state index contributed by atoms with van der Waals surface area (Å²) in [6.45, 7) is 0. The molecule has 0 spiro atoms. The molecule has 0 atom stereocenters. The van der Waals surface area contributed by atoms with Crippen molar-refractivity contribution in [3.63, 3.8) is 0 Å². The van der Waals surface area contributed by atoms with E-state index >= 15 is 0 Å². The lowest BCUT2D eigenvalue weighted by atomic mass is 10.0. The number of nitrogens with one attached hydrogen (secondary N) is 1. The molecule has 0 saturated carbocycles. The Bertz CT molecular complexity index is 832. The van der Waals surface area contributed by atoms with Crippen molar-refractivity contribution in [3.8, 4) is 0 Å². The summed E-state index contributed by atoms with van der Waals surface area (Å²) in [5.41, 5.74) is 1.54. The van der Waals surface area contributed by atoms with Crippen LogP contribution in [0.15, 0.2) is 72.8 Å². The fourth-order valence-electron chi connectivity index (χ4n) is 2.28. The lowest BCUT2D eigenvalue weighted by Gasteiger charge is -2.03. The second-order valence-electron chi connectivity index (χ2n) is 4.90. The van der Waals surface area contributed by atoms with E-state index in [0.717, 1.165) is 16.3 Å². The molecule has 0 radical (unpaired) electrons. The Morgan fingerprint density at radius 1 is 0.909 bits per heavy atom. The monoisotopic (exact) mass is 291 g/mol. The average molecular weight is 291 g/mol. The highest BCUT2D eigenvalue weighted by Gasteiger charge is 2.00. The number of fused-ring (bicyclic) bond motifs is 1. The summed E-state index contributed by atoms with van der Waals surface area (Å²) in [5.74, 6) is -0.580. The molecule has 2 nitrogen and oxygen atoms in total. The van der Waals surface area contributed by atoms with Crippen LogP contribution in [-0.2, 0) is 4.79 Å². The Morgan fingerprint density at radius 3 is 2.45 bits per heavy atom. The van der Waals surface area contributed by atoms with E-state index in [1.165, 1.54) is 30.3 Å². The van der Waals surface area contributed by atoms with E-state index in [-0.39, 0.29) is 11.7 Å². The van der Waals surface area contributed by atoms with E-state index in [4.69, 9.17) is 0 Å². The van der Waals surface area contributed by atoms with Crippen LogP contribution in [0.1, 0.15) is 5.56 Å². The first-order valence-corrected chi connectivity index (χ1v) is 6.95. The van der Waals surface area contributed by atoms with Gasteiger partial charge in [-0.15, -0.1) is 0 Å². The van der Waals surface area contributed by atoms with Gasteiger partial charge in [-0.1, -0.05) is 42.5 Å². The predicted octanol–water partition coefficient (Wildman–Crippen LogP) is 4.63. The first-order valence-electron chi connectivity index (χ1n) is 6.95. The van der Waals surface area contributed by atoms with Gasteiger partial charge in [-0.2, -0.15) is 0 Å². The summed E-state index contributed by atoms with van der Waals surface area (Å²) in [4.78, 5) is 11.9. The normalized spacial score (nSPS) is 11.0. The molecule has 0 aliphatic heterocycles. The zero-order chi connectivity index (χ0) is 15.4. The number of anilines is 1. The summed E-state index contributed by atoms with van der Waals surface area (Å²) in [6, 6.07) is 19.6. The molecule has 0 saturated heterocycles. The van der Waals surface area contributed by atoms with E-state index < -0.39 is 0 Å². The Hall–Kier alpha value is -2.94. The molecule has 3 aromatic rings. The fraction of sp³-hybridized carbons (Fsp3) is 0. The molecule has 1 N–H and O–H groups in total. The van der Waals surface area contributed by atoms with Gasteiger partial charge < -0.3 is 5.32 Å². The fourth-order valence-corrected chi connectivity index (χ4v) is 2.28. The minimum atomic E-state index is -0.329. The van der Waals surface area contributed by atoms with Crippen molar-refractivity contribution >= 4 is 28.4 Å². The van der Waals surface area contributed by atoms with E-state index in [9.17, 15) is 9.18 Å². The van der Waals surface area contributed by atoms with Gasteiger partial charge in [0.15, 0.2) is 0 Å². The SMILES string of the molecule is O=C(/C=C\c1cccc2ccccc12)Nc1ccc(F)cc1. The van der Waals surface area contributed by atoms with Crippen molar-refractivity contribution in [1.29, 1.82) is 0 Å². The van der Waals surface area contributed by atoms with Gasteiger partial charge in [-0.25, -0.2) is 4.39 Å². The van der Waals surface area contributed by atoms with Crippen molar-refractivity contribution in [2.75, 3.05) is 5.32 Å². The van der Waals surface area contributed by atoms with Gasteiger partial charge in [0.25, 0.3) is 0 Å². The minimum absolute atomic E-state index is 0.250. The number of amides is 1. The van der Waals surface area contributed by atoms with Crippen LogP contribution < -0.4 is 5.32 Å². The lowest BCUT2D eigenvalue weighted by molar-refractivity contribution is -0.111. The van der Waals surface area contributed by atoms with Crippen molar-refractivity contribution in [1.82, 2.24) is 0 Å². The zero-order valence-electron chi connectivity index (χ0n) is 11.8. The predicted molar refractivity (Wildman–Crippen MR) is 88.0 cm³/mol. The van der Waals surface area contributed by atoms with Gasteiger partial charge >= 0.3 is 0 Å². The van der Waals surface area contributed by atoms with Gasteiger partial charge in [-0.3, -0.25) is 4.79 Å². The molecule has 3 rings (SSSR count). The summed E-state index contributed by atoms with van der Waals surface area (Å²) >= 11 is 0. The lowest BCUT2D eigenvalue weighted by Crippen LogP contribution is -2.07. The van der Waals surface area contributed by atoms with Crippen LogP contribution in [0.4, 0.5) is 10.1 Å². The maximum absolute atomic E-state index is 12.8. The standard InChI is InChI=1S/C19H14FNO/c20-16-9-11-17(12-10-16)21-19(22)13-8-15-6-3-5-14-4-1-2-7-18(14)15/h1-13H,(H,21,22)/b13-8-. The maximum Gasteiger partial charge on any atom is 0.248 e. The molecule has 0 aromatic heterocycles. The molecular formula is C19H14FNO. The smallest absolute Gasteiger partial charge is 0.248 e.